The van der Waals surface area contributed by atoms with Crippen LogP contribution in [0.25, 0.3) is 0 Å². The highest BCUT2D eigenvalue weighted by atomic mass is 33.1. The van der Waals surface area contributed by atoms with Crippen molar-refractivity contribution in [2.75, 3.05) is 24.7 Å². The van der Waals surface area contributed by atoms with E-state index in [1.54, 1.807) is 5.57 Å². The highest BCUT2D eigenvalue weighted by molar-refractivity contribution is 8.76. The molecule has 2 aliphatic heterocycles. The molecule has 5 aliphatic rings. The number of nitrogens with two attached hydrogens (primary N) is 1. The number of aliphatic imine (C=N–C) groups is 1. The van der Waals surface area contributed by atoms with E-state index in [-0.39, 0.29) is 23.0 Å². The van der Waals surface area contributed by atoms with Crippen LogP contribution in [0.5, 0.6) is 0 Å². The number of rotatable bonds is 3. The quantitative estimate of drug-likeness (QED) is 0.521. The largest absolute Gasteiger partial charge is 0.396 e. The van der Waals surface area contributed by atoms with Crippen molar-refractivity contribution in [2.24, 2.45) is 33.4 Å². The molecule has 0 aromatic rings. The number of hydrogen-bond acceptors (Lipinski definition) is 7. The molecule has 178 valence electrons. The molecule has 5 nitrogen and oxygen atoms in total. The first-order valence-electron chi connectivity index (χ1n) is 12.6. The molecule has 5 atom stereocenters. The van der Waals surface area contributed by atoms with Gasteiger partial charge in [0.2, 0.25) is 0 Å². The molecule has 2 fully saturated rings. The Bertz CT molecular complexity index is 830. The summed E-state index contributed by atoms with van der Waals surface area (Å²) in [4.78, 5) is 17.9. The van der Waals surface area contributed by atoms with E-state index in [4.69, 9.17) is 5.73 Å². The molecule has 5 rings (SSSR count). The fraction of sp³-hybridized carbons (Fsp3) is 0.840. The summed E-state index contributed by atoms with van der Waals surface area (Å²) in [6.45, 7) is 3.59. The third kappa shape index (κ3) is 3.56. The first-order valence-corrected chi connectivity index (χ1v) is 15.1. The van der Waals surface area contributed by atoms with Crippen molar-refractivity contribution in [1.29, 1.82) is 0 Å². The summed E-state index contributed by atoms with van der Waals surface area (Å²) in [6.07, 6.45) is 11.6. The average molecular weight is 478 g/mol. The summed E-state index contributed by atoms with van der Waals surface area (Å²) < 4.78 is 0. The summed E-state index contributed by atoms with van der Waals surface area (Å²) >= 11 is 0. The van der Waals surface area contributed by atoms with Gasteiger partial charge in [-0.05, 0) is 87.0 Å². The molecule has 0 radical (unpaired) electrons. The summed E-state index contributed by atoms with van der Waals surface area (Å²) in [5.41, 5.74) is 9.12. The molecule has 0 saturated heterocycles. The molecular formula is C25H39N3O2S2. The van der Waals surface area contributed by atoms with Crippen molar-refractivity contribution in [3.8, 4) is 0 Å². The van der Waals surface area contributed by atoms with Gasteiger partial charge in [-0.25, -0.2) is 0 Å². The third-order valence-corrected chi connectivity index (χ3v) is 12.4. The number of ketones is 1. The van der Waals surface area contributed by atoms with Gasteiger partial charge in [0.15, 0.2) is 11.7 Å². The lowest BCUT2D eigenvalue weighted by Crippen LogP contribution is -2.56. The molecule has 32 heavy (non-hydrogen) atoms. The van der Waals surface area contributed by atoms with Gasteiger partial charge in [-0.3, -0.25) is 9.79 Å². The number of hydrogen-bond donors (Lipinski definition) is 3. The van der Waals surface area contributed by atoms with Crippen molar-refractivity contribution < 1.29 is 9.90 Å². The molecule has 0 aromatic carbocycles. The zero-order valence-electron chi connectivity index (χ0n) is 19.5. The first kappa shape index (κ1) is 23.1. The highest BCUT2D eigenvalue weighted by Gasteiger charge is 2.67. The molecule has 2 saturated carbocycles. The van der Waals surface area contributed by atoms with Gasteiger partial charge >= 0.3 is 0 Å². The van der Waals surface area contributed by atoms with E-state index in [1.807, 2.05) is 21.6 Å². The van der Waals surface area contributed by atoms with Crippen LogP contribution in [0, 0.1) is 22.7 Å². The Morgan fingerprint density at radius 1 is 1.25 bits per heavy atom. The molecule has 0 amide bonds. The maximum Gasteiger partial charge on any atom is 0.189 e. The number of nitrogens with one attached hydrogen (secondary N) is 1. The maximum absolute atomic E-state index is 13.5. The molecule has 0 unspecified atom stereocenters. The van der Waals surface area contributed by atoms with E-state index in [9.17, 15) is 9.90 Å². The standard InChI is InChI=1S/C25H39N3O2S2/c1-23-10-13-31-32-16-24(9-11-27-22(26)28-24)8-2-5-19-20-14-18(23)7-6-17(4-3-12-29)25(20,23)15-21(19)30/h17-18,29H,2-16H2,1H3,(H3,26,27,28)/t17-,18-,23+,24+,25+/m1/s1. The molecule has 7 heteroatoms. The lowest BCUT2D eigenvalue weighted by atomic mass is 9.50. The van der Waals surface area contributed by atoms with Gasteiger partial charge in [0.05, 0.1) is 5.54 Å². The van der Waals surface area contributed by atoms with Gasteiger partial charge in [0.25, 0.3) is 0 Å². The minimum absolute atomic E-state index is 0.00456. The van der Waals surface area contributed by atoms with Gasteiger partial charge in [0, 0.05) is 36.5 Å². The Labute approximate surface area is 200 Å². The number of aliphatic hydroxyl groups is 1. The van der Waals surface area contributed by atoms with Crippen LogP contribution in [0.3, 0.4) is 0 Å². The monoisotopic (exact) mass is 477 g/mol. The van der Waals surface area contributed by atoms with E-state index in [2.05, 4.69) is 17.2 Å². The van der Waals surface area contributed by atoms with Crippen molar-refractivity contribution >= 4 is 33.3 Å². The van der Waals surface area contributed by atoms with Crippen LogP contribution in [0.15, 0.2) is 16.1 Å². The van der Waals surface area contributed by atoms with Gasteiger partial charge in [0.1, 0.15) is 0 Å². The van der Waals surface area contributed by atoms with Crippen molar-refractivity contribution in [3.05, 3.63) is 11.1 Å². The molecule has 4 N–H and O–H groups in total. The SMILES string of the molecule is C[C@]12CCSSC[C@]3(CCCC4=C5C[C@H]1CC[C@@H](CCCO)[C@@]52CC4=O)CCN=C(N)N3. The van der Waals surface area contributed by atoms with Gasteiger partial charge in [-0.15, -0.1) is 0 Å². The highest BCUT2D eigenvalue weighted by Crippen LogP contribution is 2.74. The third-order valence-electron chi connectivity index (χ3n) is 9.79. The summed E-state index contributed by atoms with van der Waals surface area (Å²) in [5, 5.41) is 13.1. The van der Waals surface area contributed by atoms with Crippen LogP contribution in [0.4, 0.5) is 0 Å². The van der Waals surface area contributed by atoms with Gasteiger partial charge < -0.3 is 16.2 Å². The summed E-state index contributed by atoms with van der Waals surface area (Å²) in [7, 11) is 4.01. The van der Waals surface area contributed by atoms with E-state index in [0.717, 1.165) is 75.3 Å². The van der Waals surface area contributed by atoms with Crippen LogP contribution >= 0.6 is 21.6 Å². The van der Waals surface area contributed by atoms with Crippen LogP contribution in [0.2, 0.25) is 0 Å². The number of carbonyl (C=O) groups is 1. The molecule has 3 aliphatic carbocycles. The van der Waals surface area contributed by atoms with Crippen molar-refractivity contribution in [3.63, 3.8) is 0 Å². The Balaban J connectivity index is 1.48. The Morgan fingerprint density at radius 2 is 2.12 bits per heavy atom. The molecular weight excluding hydrogens is 438 g/mol. The number of guanidine groups is 1. The van der Waals surface area contributed by atoms with Crippen LogP contribution in [-0.2, 0) is 4.79 Å². The fourth-order valence-corrected chi connectivity index (χ4v) is 11.0. The van der Waals surface area contributed by atoms with Crippen molar-refractivity contribution in [2.45, 2.75) is 83.1 Å². The van der Waals surface area contributed by atoms with Crippen molar-refractivity contribution in [1.82, 2.24) is 5.32 Å². The number of allylic oxidation sites excluding steroid dienone is 2. The van der Waals surface area contributed by atoms with E-state index in [1.165, 1.54) is 24.8 Å². The molecule has 0 aromatic heterocycles. The van der Waals surface area contributed by atoms with E-state index in [0.29, 0.717) is 17.7 Å². The number of aliphatic hydroxyl groups excluding tert-OH is 1. The lowest BCUT2D eigenvalue weighted by molar-refractivity contribution is -0.121. The van der Waals surface area contributed by atoms with Crippen LogP contribution in [0.1, 0.15) is 77.6 Å². The molecule has 2 heterocycles. The topological polar surface area (TPSA) is 87.7 Å². The first-order chi connectivity index (χ1) is 15.4. The second kappa shape index (κ2) is 8.84. The van der Waals surface area contributed by atoms with E-state index < -0.39 is 0 Å². The molecule has 5 bridgehead atoms. The average Bonchev–Trinajstić information content (AvgIpc) is 3.08. The smallest absolute Gasteiger partial charge is 0.189 e. The zero-order chi connectivity index (χ0) is 22.4. The number of nitrogens with zero attached hydrogens (tertiary/aromatic N) is 1. The maximum atomic E-state index is 13.5. The number of Topliss-reactive ketones (excluding diaryl/α,β-unsaturated/α-hetero) is 1. The zero-order valence-corrected chi connectivity index (χ0v) is 21.1. The Hall–Kier alpha value is -0.660. The Kier molecular flexibility index (Phi) is 6.38. The predicted molar refractivity (Wildman–Crippen MR) is 135 cm³/mol. The molecule has 2 spiro atoms. The summed E-state index contributed by atoms with van der Waals surface area (Å²) in [5.74, 6) is 4.48. The van der Waals surface area contributed by atoms with Gasteiger partial charge in [-0.1, -0.05) is 34.1 Å². The predicted octanol–water partition coefficient (Wildman–Crippen LogP) is 4.45. The second-order valence-electron chi connectivity index (χ2n) is 11.1. The Morgan fingerprint density at radius 3 is 2.94 bits per heavy atom. The van der Waals surface area contributed by atoms with Gasteiger partial charge in [-0.2, -0.15) is 0 Å². The second-order valence-corrected chi connectivity index (χ2v) is 13.7. The minimum atomic E-state index is 0.00456. The van der Waals surface area contributed by atoms with Crippen LogP contribution in [-0.4, -0.2) is 47.0 Å². The lowest BCUT2D eigenvalue weighted by Gasteiger charge is -2.54. The van der Waals surface area contributed by atoms with Crippen LogP contribution < -0.4 is 11.1 Å². The minimum Gasteiger partial charge on any atom is -0.396 e. The number of carbonyl (C=O) groups excluding carboxylic acids is 1. The summed E-state index contributed by atoms with van der Waals surface area (Å²) in [6, 6.07) is 0. The fourth-order valence-electron chi connectivity index (χ4n) is 8.17. The van der Waals surface area contributed by atoms with E-state index >= 15 is 0 Å². The normalized spacial score (nSPS) is 42.2.